The predicted molar refractivity (Wildman–Crippen MR) is 182 cm³/mol. The molecule has 0 unspecified atom stereocenters. The predicted octanol–water partition coefficient (Wildman–Crippen LogP) is 10.9. The Morgan fingerprint density at radius 3 is 1.03 bits per heavy atom. The van der Waals surface area contributed by atoms with Crippen LogP contribution >= 0.6 is 0 Å². The molecule has 3 rings (SSSR count). The molecule has 7 heteroatoms. The van der Waals surface area contributed by atoms with E-state index in [9.17, 15) is 0 Å². The molecule has 0 amide bonds. The van der Waals surface area contributed by atoms with E-state index >= 15 is 0 Å². The standard InChI is InChI=1S/C19H23N3.3C4H11Si.Hf/c1-13(2)20-19(21-14(3)4)22-17-11-7-5-9-15(17)16-10-6-8-12-18(16)22;3*1-5(2,3)4;/h5-14,19H,1-4H3;3*1H2,2-4H3;/q-2;3*-1;. The number of nitrogens with zero attached hydrogens (tertiary/aromatic N) is 3. The number of rotatable bonds is 5. The zero-order valence-electron chi connectivity index (χ0n) is 26.8. The minimum atomic E-state index is -0.861. The van der Waals surface area contributed by atoms with Gasteiger partial charge in [0, 0.05) is 47.6 Å². The van der Waals surface area contributed by atoms with Crippen molar-refractivity contribution in [1.29, 1.82) is 0 Å². The van der Waals surface area contributed by atoms with Gasteiger partial charge in [0.1, 0.15) is 0 Å². The molecule has 1 heterocycles. The average molecular weight is 734 g/mol. The van der Waals surface area contributed by atoms with Gasteiger partial charge in [-0.3, -0.25) is 0 Å². The molecule has 0 fully saturated rings. The van der Waals surface area contributed by atoms with Crippen LogP contribution in [0.25, 0.3) is 32.4 Å². The second-order valence-electron chi connectivity index (χ2n) is 13.9. The van der Waals surface area contributed by atoms with Crippen molar-refractivity contribution in [1.82, 2.24) is 4.57 Å². The van der Waals surface area contributed by atoms with Crippen LogP contribution in [0.2, 0.25) is 58.9 Å². The number of hydrogen-bond acceptors (Lipinski definition) is 0. The van der Waals surface area contributed by atoms with Crippen molar-refractivity contribution in [2.45, 2.75) is 105 Å². The number of hydrogen-bond donors (Lipinski definition) is 0. The van der Waals surface area contributed by atoms with Crippen LogP contribution in [0.15, 0.2) is 48.5 Å². The zero-order chi connectivity index (χ0) is 29.2. The maximum absolute atomic E-state index is 4.86. The monoisotopic (exact) mass is 734 g/mol. The Balaban J connectivity index is 0. The third kappa shape index (κ3) is 20.6. The maximum Gasteiger partial charge on any atom is 0.0461 e. The van der Waals surface area contributed by atoms with Gasteiger partial charge in [0.05, 0.1) is 0 Å². The van der Waals surface area contributed by atoms with Gasteiger partial charge >= 0.3 is 0 Å². The molecule has 2 aromatic carbocycles. The van der Waals surface area contributed by atoms with Gasteiger partial charge in [-0.1, -0.05) is 123 Å². The van der Waals surface area contributed by atoms with Crippen LogP contribution in [-0.4, -0.2) is 40.9 Å². The number of para-hydroxylation sites is 2. The molecule has 3 aromatic rings. The molecule has 38 heavy (non-hydrogen) atoms. The van der Waals surface area contributed by atoms with E-state index in [0.717, 1.165) is 0 Å². The summed E-state index contributed by atoms with van der Waals surface area (Å²) in [4.78, 5) is 0. The fraction of sp³-hybridized carbons (Fsp3) is 0.516. The first kappa shape index (κ1) is 39.8. The first-order chi connectivity index (χ1) is 16.6. The Kier molecular flexibility index (Phi) is 18.3. The molecule has 0 aliphatic carbocycles. The number of aromatic nitrogens is 1. The minimum absolute atomic E-state index is 0. The fourth-order valence-corrected chi connectivity index (χ4v) is 2.91. The van der Waals surface area contributed by atoms with E-state index in [2.05, 4.69) is 159 Å². The smallest absolute Gasteiger partial charge is 0.0461 e. The fourth-order valence-electron chi connectivity index (χ4n) is 2.91. The van der Waals surface area contributed by atoms with Crippen molar-refractivity contribution in [2.75, 3.05) is 0 Å². The van der Waals surface area contributed by atoms with Crippen LogP contribution in [0.1, 0.15) is 34.0 Å². The molecule has 0 saturated carbocycles. The maximum atomic E-state index is 4.86. The van der Waals surface area contributed by atoms with Crippen molar-refractivity contribution in [3.63, 3.8) is 0 Å². The van der Waals surface area contributed by atoms with Gasteiger partial charge in [0.2, 0.25) is 0 Å². The van der Waals surface area contributed by atoms with Crippen LogP contribution < -0.4 is 0 Å². The number of benzene rings is 2. The van der Waals surface area contributed by atoms with Gasteiger partial charge in [-0.25, -0.2) is 0 Å². The average Bonchev–Trinajstić information content (AvgIpc) is 2.97. The quantitative estimate of drug-likeness (QED) is 0.185. The summed E-state index contributed by atoms with van der Waals surface area (Å²) >= 11 is 0. The molecule has 0 radical (unpaired) electrons. The van der Waals surface area contributed by atoms with Gasteiger partial charge in [0.15, 0.2) is 0 Å². The largest absolute Gasteiger partial charge is 0.658 e. The van der Waals surface area contributed by atoms with E-state index in [1.807, 2.05) is 0 Å². The summed E-state index contributed by atoms with van der Waals surface area (Å²) in [6, 6.07) is 17.5. The molecule has 0 N–H and O–H groups in total. The SMILES string of the molecule is CC(C)[N-]C([N-]C(C)C)n1c2ccccc2c2ccccc21.[CH2-][Si](C)(C)C.[CH2-][Si](C)(C)C.[CH2-][Si](C)(C)C.[Hf]. The Bertz CT molecular complexity index is 933. The van der Waals surface area contributed by atoms with E-state index in [4.69, 9.17) is 10.6 Å². The van der Waals surface area contributed by atoms with E-state index in [0.29, 0.717) is 0 Å². The van der Waals surface area contributed by atoms with Gasteiger partial charge in [-0.15, -0.1) is 36.3 Å². The summed E-state index contributed by atoms with van der Waals surface area (Å²) in [6.07, 6.45) is -0.176. The molecular weight excluding hydrogens is 677 g/mol. The van der Waals surface area contributed by atoms with Crippen LogP contribution in [0.4, 0.5) is 0 Å². The molecule has 216 valence electrons. The van der Waals surface area contributed by atoms with E-state index in [-0.39, 0.29) is 44.2 Å². The summed E-state index contributed by atoms with van der Waals surface area (Å²) in [7, 11) is -2.58. The topological polar surface area (TPSA) is 33.1 Å². The summed E-state index contributed by atoms with van der Waals surface area (Å²) in [5.41, 5.74) is 2.39. The summed E-state index contributed by atoms with van der Waals surface area (Å²) in [5.74, 6) is 0. The third-order valence-corrected chi connectivity index (χ3v) is 3.71. The Labute approximate surface area is 258 Å². The van der Waals surface area contributed by atoms with Crippen molar-refractivity contribution in [3.05, 3.63) is 78.8 Å². The van der Waals surface area contributed by atoms with Crippen molar-refractivity contribution in [2.24, 2.45) is 0 Å². The van der Waals surface area contributed by atoms with Crippen LogP contribution in [-0.2, 0) is 25.8 Å². The van der Waals surface area contributed by atoms with Crippen molar-refractivity contribution >= 4 is 46.0 Å². The van der Waals surface area contributed by atoms with Crippen molar-refractivity contribution in [3.8, 4) is 0 Å². The first-order valence-electron chi connectivity index (χ1n) is 13.5. The Morgan fingerprint density at radius 1 is 0.553 bits per heavy atom. The third-order valence-electron chi connectivity index (χ3n) is 3.71. The van der Waals surface area contributed by atoms with Gasteiger partial charge in [-0.05, 0) is 12.1 Å². The van der Waals surface area contributed by atoms with E-state index in [1.165, 1.54) is 21.8 Å². The molecule has 1 aromatic heterocycles. The van der Waals surface area contributed by atoms with Gasteiger partial charge < -0.3 is 34.8 Å². The Morgan fingerprint density at radius 2 is 0.789 bits per heavy atom. The molecule has 0 aliphatic rings. The molecule has 3 nitrogen and oxygen atoms in total. The molecular formula is C31H56HfN3Si3-5. The molecule has 0 bridgehead atoms. The van der Waals surface area contributed by atoms with Crippen LogP contribution in [0.5, 0.6) is 0 Å². The van der Waals surface area contributed by atoms with Crippen LogP contribution in [0, 0.1) is 19.6 Å². The minimum Gasteiger partial charge on any atom is -0.658 e. The first-order valence-corrected chi connectivity index (χ1v) is 24.6. The second-order valence-corrected chi connectivity index (χ2v) is 29.3. The normalized spacial score (nSPS) is 11.9. The molecule has 0 saturated heterocycles. The molecule has 0 aliphatic heterocycles. The van der Waals surface area contributed by atoms with Gasteiger partial charge in [-0.2, -0.15) is 6.29 Å². The second kappa shape index (κ2) is 17.5. The summed E-state index contributed by atoms with van der Waals surface area (Å²) in [6.45, 7) is 40.1. The van der Waals surface area contributed by atoms with E-state index in [1.54, 1.807) is 0 Å². The van der Waals surface area contributed by atoms with Gasteiger partial charge in [0.25, 0.3) is 0 Å². The summed E-state index contributed by atoms with van der Waals surface area (Å²) < 4.78 is 2.27. The number of fused-ring (bicyclic) bond motifs is 3. The molecule has 0 atom stereocenters. The van der Waals surface area contributed by atoms with Crippen molar-refractivity contribution < 1.29 is 25.8 Å². The summed E-state index contributed by atoms with van der Waals surface area (Å²) in [5, 5.41) is 12.2. The van der Waals surface area contributed by atoms with Crippen LogP contribution in [0.3, 0.4) is 0 Å². The molecule has 0 spiro atoms. The Hall–Kier alpha value is -0.319. The van der Waals surface area contributed by atoms with E-state index < -0.39 is 24.2 Å². The zero-order valence-corrected chi connectivity index (χ0v) is 33.4.